The Bertz CT molecular complexity index is 527. The molecule has 2 nitrogen and oxygen atoms in total. The molecule has 1 aliphatic heterocycles. The minimum absolute atomic E-state index is 0.150. The Morgan fingerprint density at radius 1 is 1.42 bits per heavy atom. The van der Waals surface area contributed by atoms with Gasteiger partial charge in [0.2, 0.25) is 0 Å². The highest BCUT2D eigenvalue weighted by molar-refractivity contribution is 6.31. The summed E-state index contributed by atoms with van der Waals surface area (Å²) < 4.78 is 51.8. The number of halogens is 5. The fraction of sp³-hybridized carbons (Fsp3) is 0.417. The maximum absolute atomic E-state index is 13.8. The first-order valence-electron chi connectivity index (χ1n) is 5.62. The molecule has 0 fully saturated rings. The molecular formula is C12H10ClF4NO. The molecule has 2 rings (SSSR count). The first-order valence-corrected chi connectivity index (χ1v) is 6.00. The SMILES string of the molecule is CCC1CC(c2cc(C(F)(F)F)cc(Cl)c2F)=NO1. The first kappa shape index (κ1) is 14.1. The summed E-state index contributed by atoms with van der Waals surface area (Å²) in [6.07, 6.45) is -3.91. The Kier molecular flexibility index (Phi) is 3.71. The molecule has 1 heterocycles. The third-order valence-electron chi connectivity index (χ3n) is 2.85. The highest BCUT2D eigenvalue weighted by atomic mass is 35.5. The molecule has 0 N–H and O–H groups in total. The van der Waals surface area contributed by atoms with Crippen LogP contribution in [0.15, 0.2) is 17.3 Å². The minimum Gasteiger partial charge on any atom is -0.392 e. The van der Waals surface area contributed by atoms with Crippen molar-refractivity contribution in [3.05, 3.63) is 34.1 Å². The fourth-order valence-electron chi connectivity index (χ4n) is 1.77. The van der Waals surface area contributed by atoms with Crippen LogP contribution < -0.4 is 0 Å². The van der Waals surface area contributed by atoms with Crippen LogP contribution in [0.2, 0.25) is 5.02 Å². The number of benzene rings is 1. The largest absolute Gasteiger partial charge is 0.416 e. The molecular weight excluding hydrogens is 286 g/mol. The van der Waals surface area contributed by atoms with Crippen LogP contribution in [-0.2, 0) is 11.0 Å². The van der Waals surface area contributed by atoms with E-state index in [1.54, 1.807) is 0 Å². The van der Waals surface area contributed by atoms with Crippen molar-refractivity contribution < 1.29 is 22.4 Å². The fourth-order valence-corrected chi connectivity index (χ4v) is 1.99. The average molecular weight is 296 g/mol. The van der Waals surface area contributed by atoms with E-state index in [2.05, 4.69) is 5.16 Å². The zero-order valence-corrected chi connectivity index (χ0v) is 10.6. The highest BCUT2D eigenvalue weighted by Gasteiger charge is 2.34. The van der Waals surface area contributed by atoms with Gasteiger partial charge in [0.15, 0.2) is 5.82 Å². The monoisotopic (exact) mass is 295 g/mol. The first-order chi connectivity index (χ1) is 8.82. The maximum atomic E-state index is 13.8. The third kappa shape index (κ3) is 2.83. The normalized spacial score (nSPS) is 19.3. The van der Waals surface area contributed by atoms with Gasteiger partial charge in [-0.05, 0) is 18.6 Å². The minimum atomic E-state index is -4.59. The molecule has 0 bridgehead atoms. The van der Waals surface area contributed by atoms with Gasteiger partial charge in [0, 0.05) is 12.0 Å². The van der Waals surface area contributed by atoms with Gasteiger partial charge in [0.25, 0.3) is 0 Å². The van der Waals surface area contributed by atoms with Gasteiger partial charge >= 0.3 is 6.18 Å². The molecule has 0 aromatic heterocycles. The maximum Gasteiger partial charge on any atom is 0.416 e. The van der Waals surface area contributed by atoms with Crippen LogP contribution in [0.4, 0.5) is 17.6 Å². The summed E-state index contributed by atoms with van der Waals surface area (Å²) in [5, 5.41) is 3.06. The molecule has 1 aromatic rings. The molecule has 1 aliphatic rings. The van der Waals surface area contributed by atoms with Crippen LogP contribution in [-0.4, -0.2) is 11.8 Å². The molecule has 1 aromatic carbocycles. The molecule has 7 heteroatoms. The number of nitrogens with zero attached hydrogens (tertiary/aromatic N) is 1. The Hall–Kier alpha value is -1.30. The Morgan fingerprint density at radius 2 is 2.11 bits per heavy atom. The number of hydrogen-bond donors (Lipinski definition) is 0. The van der Waals surface area contributed by atoms with Gasteiger partial charge in [-0.2, -0.15) is 13.2 Å². The van der Waals surface area contributed by atoms with Gasteiger partial charge in [-0.25, -0.2) is 4.39 Å². The van der Waals surface area contributed by atoms with Gasteiger partial charge in [0.05, 0.1) is 16.3 Å². The van der Waals surface area contributed by atoms with Crippen molar-refractivity contribution in [1.29, 1.82) is 0 Å². The Balaban J connectivity index is 2.43. The van der Waals surface area contributed by atoms with Crippen LogP contribution in [0.1, 0.15) is 30.9 Å². The summed E-state index contributed by atoms with van der Waals surface area (Å²) in [4.78, 5) is 4.99. The van der Waals surface area contributed by atoms with Crippen LogP contribution in [0, 0.1) is 5.82 Å². The van der Waals surface area contributed by atoms with Crippen molar-refractivity contribution in [3.63, 3.8) is 0 Å². The molecule has 1 atom stereocenters. The van der Waals surface area contributed by atoms with E-state index in [1.165, 1.54) is 0 Å². The lowest BCUT2D eigenvalue weighted by molar-refractivity contribution is -0.137. The van der Waals surface area contributed by atoms with Crippen molar-refractivity contribution in [1.82, 2.24) is 0 Å². The second kappa shape index (κ2) is 5.00. The van der Waals surface area contributed by atoms with Gasteiger partial charge in [-0.15, -0.1) is 0 Å². The summed E-state index contributed by atoms with van der Waals surface area (Å²) in [5.41, 5.74) is -1.11. The second-order valence-corrected chi connectivity index (χ2v) is 4.60. The topological polar surface area (TPSA) is 21.6 Å². The summed E-state index contributed by atoms with van der Waals surface area (Å²) in [6, 6.07) is 1.27. The third-order valence-corrected chi connectivity index (χ3v) is 3.13. The van der Waals surface area contributed by atoms with Gasteiger partial charge in [-0.3, -0.25) is 0 Å². The van der Waals surface area contributed by atoms with E-state index in [0.717, 1.165) is 0 Å². The Labute approximate surface area is 112 Å². The summed E-state index contributed by atoms with van der Waals surface area (Å²) in [6.45, 7) is 1.85. The standard InChI is InChI=1S/C12H10ClF4NO/c1-2-7-5-10(18-19-7)8-3-6(12(15,16)17)4-9(13)11(8)14/h3-4,7H,2,5H2,1H3. The molecule has 0 saturated heterocycles. The van der Waals surface area contributed by atoms with E-state index in [4.69, 9.17) is 16.4 Å². The number of alkyl halides is 3. The van der Waals surface area contributed by atoms with E-state index in [9.17, 15) is 17.6 Å². The van der Waals surface area contributed by atoms with Crippen molar-refractivity contribution in [3.8, 4) is 0 Å². The van der Waals surface area contributed by atoms with Crippen molar-refractivity contribution in [2.24, 2.45) is 5.16 Å². The average Bonchev–Trinajstić information content (AvgIpc) is 2.79. The van der Waals surface area contributed by atoms with E-state index < -0.39 is 22.6 Å². The molecule has 0 radical (unpaired) electrons. The molecule has 0 aliphatic carbocycles. The summed E-state index contributed by atoms with van der Waals surface area (Å²) >= 11 is 5.50. The van der Waals surface area contributed by atoms with Crippen LogP contribution in [0.5, 0.6) is 0 Å². The number of rotatable bonds is 2. The lowest BCUT2D eigenvalue weighted by Gasteiger charge is -2.11. The van der Waals surface area contributed by atoms with Gasteiger partial charge in [0.1, 0.15) is 6.10 Å². The van der Waals surface area contributed by atoms with Crippen LogP contribution in [0.25, 0.3) is 0 Å². The predicted molar refractivity (Wildman–Crippen MR) is 62.7 cm³/mol. The zero-order chi connectivity index (χ0) is 14.2. The molecule has 1 unspecified atom stereocenters. The van der Waals surface area contributed by atoms with E-state index in [-0.39, 0.29) is 23.8 Å². The summed E-state index contributed by atoms with van der Waals surface area (Å²) in [5.74, 6) is -0.909. The van der Waals surface area contributed by atoms with E-state index in [0.29, 0.717) is 18.6 Å². The zero-order valence-electron chi connectivity index (χ0n) is 9.89. The highest BCUT2D eigenvalue weighted by Crippen LogP contribution is 2.34. The van der Waals surface area contributed by atoms with Crippen molar-refractivity contribution in [2.75, 3.05) is 0 Å². The smallest absolute Gasteiger partial charge is 0.392 e. The predicted octanol–water partition coefficient (Wildman–Crippen LogP) is 4.40. The molecule has 104 valence electrons. The molecule has 19 heavy (non-hydrogen) atoms. The van der Waals surface area contributed by atoms with Crippen molar-refractivity contribution in [2.45, 2.75) is 32.0 Å². The lowest BCUT2D eigenvalue weighted by atomic mass is 10.0. The van der Waals surface area contributed by atoms with E-state index >= 15 is 0 Å². The van der Waals surface area contributed by atoms with E-state index in [1.807, 2.05) is 6.92 Å². The van der Waals surface area contributed by atoms with Gasteiger partial charge < -0.3 is 4.84 Å². The Morgan fingerprint density at radius 3 is 2.63 bits per heavy atom. The van der Waals surface area contributed by atoms with Crippen LogP contribution in [0.3, 0.4) is 0 Å². The number of oxime groups is 1. The molecule has 0 saturated carbocycles. The molecule has 0 spiro atoms. The quantitative estimate of drug-likeness (QED) is 0.741. The molecule has 0 amide bonds. The summed E-state index contributed by atoms with van der Waals surface area (Å²) in [7, 11) is 0. The second-order valence-electron chi connectivity index (χ2n) is 4.20. The van der Waals surface area contributed by atoms with Crippen molar-refractivity contribution >= 4 is 17.3 Å². The van der Waals surface area contributed by atoms with Crippen LogP contribution >= 0.6 is 11.6 Å². The van der Waals surface area contributed by atoms with Gasteiger partial charge in [-0.1, -0.05) is 23.7 Å². The lowest BCUT2D eigenvalue weighted by Crippen LogP contribution is -2.11. The number of hydrogen-bond acceptors (Lipinski definition) is 2.